The zero-order chi connectivity index (χ0) is 16.9. The van der Waals surface area contributed by atoms with Crippen molar-refractivity contribution in [3.63, 3.8) is 0 Å². The van der Waals surface area contributed by atoms with Crippen LogP contribution < -0.4 is 10.2 Å². The summed E-state index contributed by atoms with van der Waals surface area (Å²) in [5.41, 5.74) is 1.92. The maximum Gasteiger partial charge on any atom is 0.248 e. The SMILES string of the molecule is CCCCc1noc([C@@H](C)Nc2ccc(N3CCCC3=O)cc2)n1. The predicted molar refractivity (Wildman–Crippen MR) is 93.0 cm³/mol. The number of aryl methyl sites for hydroxylation is 1. The first kappa shape index (κ1) is 16.5. The summed E-state index contributed by atoms with van der Waals surface area (Å²) in [5, 5.41) is 7.38. The molecule has 0 bridgehead atoms. The van der Waals surface area contributed by atoms with Crippen LogP contribution in [0.15, 0.2) is 28.8 Å². The first-order valence-corrected chi connectivity index (χ1v) is 8.67. The van der Waals surface area contributed by atoms with Crippen LogP contribution in [0.1, 0.15) is 57.3 Å². The molecule has 2 heterocycles. The maximum atomic E-state index is 11.8. The third-order valence-electron chi connectivity index (χ3n) is 4.24. The third kappa shape index (κ3) is 3.75. The van der Waals surface area contributed by atoms with E-state index in [1.165, 1.54) is 0 Å². The first-order valence-electron chi connectivity index (χ1n) is 8.67. The number of nitrogens with zero attached hydrogens (tertiary/aromatic N) is 3. The van der Waals surface area contributed by atoms with Crippen molar-refractivity contribution in [2.45, 2.75) is 52.0 Å². The Morgan fingerprint density at radius 1 is 1.33 bits per heavy atom. The van der Waals surface area contributed by atoms with Gasteiger partial charge in [-0.2, -0.15) is 4.98 Å². The largest absolute Gasteiger partial charge is 0.374 e. The number of hydrogen-bond donors (Lipinski definition) is 1. The van der Waals surface area contributed by atoms with Crippen LogP contribution in [-0.4, -0.2) is 22.6 Å². The molecule has 0 saturated carbocycles. The number of anilines is 2. The van der Waals surface area contributed by atoms with Crippen molar-refractivity contribution in [1.82, 2.24) is 10.1 Å². The van der Waals surface area contributed by atoms with Gasteiger partial charge in [-0.1, -0.05) is 18.5 Å². The molecule has 0 radical (unpaired) electrons. The average Bonchev–Trinajstić information content (AvgIpc) is 3.23. The summed E-state index contributed by atoms with van der Waals surface area (Å²) in [7, 11) is 0. The van der Waals surface area contributed by atoms with Crippen molar-refractivity contribution < 1.29 is 9.32 Å². The van der Waals surface area contributed by atoms with Gasteiger partial charge in [-0.3, -0.25) is 4.79 Å². The lowest BCUT2D eigenvalue weighted by molar-refractivity contribution is -0.117. The van der Waals surface area contributed by atoms with Crippen LogP contribution in [0.3, 0.4) is 0 Å². The summed E-state index contributed by atoms with van der Waals surface area (Å²) in [4.78, 5) is 18.1. The van der Waals surface area contributed by atoms with Gasteiger partial charge in [0.25, 0.3) is 0 Å². The van der Waals surface area contributed by atoms with Crippen LogP contribution in [0.5, 0.6) is 0 Å². The molecule has 1 saturated heterocycles. The van der Waals surface area contributed by atoms with E-state index in [1.807, 2.05) is 36.1 Å². The highest BCUT2D eigenvalue weighted by atomic mass is 16.5. The quantitative estimate of drug-likeness (QED) is 0.839. The van der Waals surface area contributed by atoms with Crippen LogP contribution in [0.2, 0.25) is 0 Å². The summed E-state index contributed by atoms with van der Waals surface area (Å²) in [6, 6.07) is 7.84. The average molecular weight is 328 g/mol. The van der Waals surface area contributed by atoms with Gasteiger partial charge in [-0.15, -0.1) is 0 Å². The highest BCUT2D eigenvalue weighted by molar-refractivity contribution is 5.95. The van der Waals surface area contributed by atoms with Gasteiger partial charge in [0.1, 0.15) is 6.04 Å². The second-order valence-electron chi connectivity index (χ2n) is 6.21. The zero-order valence-electron chi connectivity index (χ0n) is 14.3. The minimum absolute atomic E-state index is 0.0628. The van der Waals surface area contributed by atoms with E-state index in [-0.39, 0.29) is 11.9 Å². The van der Waals surface area contributed by atoms with Crippen LogP contribution in [-0.2, 0) is 11.2 Å². The summed E-state index contributed by atoms with van der Waals surface area (Å²) in [5.74, 6) is 1.57. The second kappa shape index (κ2) is 7.47. The molecule has 3 rings (SSSR count). The van der Waals surface area contributed by atoms with E-state index < -0.39 is 0 Å². The van der Waals surface area contributed by atoms with Crippen molar-refractivity contribution in [1.29, 1.82) is 0 Å². The number of aromatic nitrogens is 2. The minimum Gasteiger partial charge on any atom is -0.374 e. The number of carbonyl (C=O) groups is 1. The van der Waals surface area contributed by atoms with Gasteiger partial charge in [-0.05, 0) is 44.0 Å². The van der Waals surface area contributed by atoms with E-state index in [4.69, 9.17) is 4.52 Å². The third-order valence-corrected chi connectivity index (χ3v) is 4.24. The lowest BCUT2D eigenvalue weighted by atomic mass is 10.2. The molecule has 128 valence electrons. The smallest absolute Gasteiger partial charge is 0.248 e. The Morgan fingerprint density at radius 2 is 2.12 bits per heavy atom. The number of nitrogens with one attached hydrogen (secondary N) is 1. The Morgan fingerprint density at radius 3 is 2.79 bits per heavy atom. The highest BCUT2D eigenvalue weighted by Gasteiger charge is 2.21. The number of carbonyl (C=O) groups excluding carboxylic acids is 1. The zero-order valence-corrected chi connectivity index (χ0v) is 14.3. The van der Waals surface area contributed by atoms with Gasteiger partial charge in [0.2, 0.25) is 11.8 Å². The second-order valence-corrected chi connectivity index (χ2v) is 6.21. The van der Waals surface area contributed by atoms with E-state index in [1.54, 1.807) is 0 Å². The summed E-state index contributed by atoms with van der Waals surface area (Å²) in [6.07, 6.45) is 4.62. The van der Waals surface area contributed by atoms with Gasteiger partial charge in [0.05, 0.1) is 0 Å². The van der Waals surface area contributed by atoms with Gasteiger partial charge in [0, 0.05) is 30.8 Å². The summed E-state index contributed by atoms with van der Waals surface area (Å²) >= 11 is 0. The van der Waals surface area contributed by atoms with E-state index in [0.29, 0.717) is 12.3 Å². The summed E-state index contributed by atoms with van der Waals surface area (Å²) < 4.78 is 5.34. The number of amides is 1. The van der Waals surface area contributed by atoms with Gasteiger partial charge < -0.3 is 14.7 Å². The maximum absolute atomic E-state index is 11.8. The monoisotopic (exact) mass is 328 g/mol. The fraction of sp³-hybridized carbons (Fsp3) is 0.500. The molecule has 0 unspecified atom stereocenters. The highest BCUT2D eigenvalue weighted by Crippen LogP contribution is 2.25. The molecule has 1 aromatic carbocycles. The lowest BCUT2D eigenvalue weighted by Crippen LogP contribution is -2.23. The van der Waals surface area contributed by atoms with Crippen LogP contribution in [0.25, 0.3) is 0 Å². The van der Waals surface area contributed by atoms with Crippen molar-refractivity contribution in [3.8, 4) is 0 Å². The van der Waals surface area contributed by atoms with Gasteiger partial charge >= 0.3 is 0 Å². The van der Waals surface area contributed by atoms with Crippen molar-refractivity contribution in [2.24, 2.45) is 0 Å². The molecule has 0 spiro atoms. The Bertz CT molecular complexity index is 681. The Hall–Kier alpha value is -2.37. The van der Waals surface area contributed by atoms with Gasteiger partial charge in [-0.25, -0.2) is 0 Å². The molecule has 24 heavy (non-hydrogen) atoms. The molecule has 1 aromatic heterocycles. The fourth-order valence-electron chi connectivity index (χ4n) is 2.85. The molecule has 2 aromatic rings. The van der Waals surface area contributed by atoms with Crippen LogP contribution in [0, 0.1) is 0 Å². The molecular formula is C18H24N4O2. The van der Waals surface area contributed by atoms with Crippen molar-refractivity contribution in [3.05, 3.63) is 36.0 Å². The first-order chi connectivity index (χ1) is 11.7. The van der Waals surface area contributed by atoms with Crippen LogP contribution >= 0.6 is 0 Å². The van der Waals surface area contributed by atoms with E-state index >= 15 is 0 Å². The topological polar surface area (TPSA) is 71.3 Å². The van der Waals surface area contributed by atoms with Crippen molar-refractivity contribution >= 4 is 17.3 Å². The number of benzene rings is 1. The molecule has 1 amide bonds. The fourth-order valence-corrected chi connectivity index (χ4v) is 2.85. The molecule has 0 aliphatic carbocycles. The minimum atomic E-state index is -0.0628. The number of unbranched alkanes of at least 4 members (excludes halogenated alkanes) is 1. The molecule has 1 atom stereocenters. The molecule has 1 aliphatic rings. The standard InChI is InChI=1S/C18H24N4O2/c1-3-4-6-16-20-18(24-21-16)13(2)19-14-8-10-15(11-9-14)22-12-5-7-17(22)23/h8-11,13,19H,3-7,12H2,1-2H3/t13-/m1/s1. The normalized spacial score (nSPS) is 15.8. The Kier molecular flexibility index (Phi) is 5.13. The lowest BCUT2D eigenvalue weighted by Gasteiger charge is -2.17. The number of rotatable bonds is 7. The molecule has 1 N–H and O–H groups in total. The van der Waals surface area contributed by atoms with Gasteiger partial charge in [0.15, 0.2) is 5.82 Å². The van der Waals surface area contributed by atoms with Crippen LogP contribution in [0.4, 0.5) is 11.4 Å². The van der Waals surface area contributed by atoms with E-state index in [2.05, 4.69) is 22.4 Å². The summed E-state index contributed by atoms with van der Waals surface area (Å²) in [6.45, 7) is 4.95. The molecule has 6 heteroatoms. The predicted octanol–water partition coefficient (Wildman–Crippen LogP) is 3.71. The molecular weight excluding hydrogens is 304 g/mol. The van der Waals surface area contributed by atoms with E-state index in [0.717, 1.165) is 49.4 Å². The number of hydrogen-bond acceptors (Lipinski definition) is 5. The Balaban J connectivity index is 1.60. The molecule has 1 fully saturated rings. The molecule has 1 aliphatic heterocycles. The Labute approximate surface area is 142 Å². The van der Waals surface area contributed by atoms with E-state index in [9.17, 15) is 4.79 Å². The molecule has 6 nitrogen and oxygen atoms in total. The van der Waals surface area contributed by atoms with Crippen molar-refractivity contribution in [2.75, 3.05) is 16.8 Å².